The van der Waals surface area contributed by atoms with Crippen LogP contribution in [-0.4, -0.2) is 40.1 Å². The molecular weight excluding hydrogens is 442 g/mol. The van der Waals surface area contributed by atoms with Gasteiger partial charge in [0.1, 0.15) is 6.61 Å². The molecule has 2 aliphatic rings. The van der Waals surface area contributed by atoms with Gasteiger partial charge in [-0.3, -0.25) is 29.0 Å². The molecule has 1 aliphatic heterocycles. The molecule has 3 amide bonds. The van der Waals surface area contributed by atoms with E-state index in [1.165, 1.54) is 28.1 Å². The van der Waals surface area contributed by atoms with Crippen molar-refractivity contribution in [2.24, 2.45) is 11.8 Å². The zero-order chi connectivity index (χ0) is 23.5. The Morgan fingerprint density at radius 3 is 2.52 bits per heavy atom. The Balaban J connectivity index is 1.32. The molecule has 2 atom stereocenters. The first-order valence-electron chi connectivity index (χ1n) is 10.8. The minimum absolute atomic E-state index is 0.0251. The fourth-order valence-corrected chi connectivity index (χ4v) is 5.05. The second kappa shape index (κ2) is 9.66. The number of esters is 1. The average molecular weight is 468 g/mol. The van der Waals surface area contributed by atoms with Crippen molar-refractivity contribution in [3.05, 3.63) is 53.1 Å². The zero-order valence-electron chi connectivity index (χ0n) is 18.5. The van der Waals surface area contributed by atoms with Crippen molar-refractivity contribution in [1.29, 1.82) is 0 Å². The summed E-state index contributed by atoms with van der Waals surface area (Å²) in [5, 5.41) is 2.23. The number of likely N-dealkylation sites (tertiary alicyclic amines) is 1. The second-order valence-corrected chi connectivity index (χ2v) is 9.05. The predicted molar refractivity (Wildman–Crippen MR) is 123 cm³/mol. The van der Waals surface area contributed by atoms with Crippen LogP contribution in [0.3, 0.4) is 0 Å². The van der Waals surface area contributed by atoms with E-state index in [1.807, 2.05) is 43.3 Å². The average Bonchev–Trinajstić information content (AvgIpc) is 3.34. The number of nitrogens with zero attached hydrogens (tertiary/aromatic N) is 3. The lowest BCUT2D eigenvalue weighted by atomic mass is 9.85. The van der Waals surface area contributed by atoms with Crippen molar-refractivity contribution in [2.45, 2.75) is 39.7 Å². The summed E-state index contributed by atoms with van der Waals surface area (Å²) in [6, 6.07) is 7.55. The first-order valence-corrected chi connectivity index (χ1v) is 11.7. The third kappa shape index (κ3) is 4.88. The summed E-state index contributed by atoms with van der Waals surface area (Å²) in [7, 11) is 0. The number of aromatic nitrogens is 1. The highest BCUT2D eigenvalue weighted by Gasteiger charge is 2.46. The van der Waals surface area contributed by atoms with Crippen molar-refractivity contribution in [3.8, 4) is 0 Å². The van der Waals surface area contributed by atoms with Crippen LogP contribution < -0.4 is 4.90 Å². The number of benzene rings is 1. The number of aryl methyl sites for hydroxylation is 1. The lowest BCUT2D eigenvalue weighted by Crippen LogP contribution is -2.33. The lowest BCUT2D eigenvalue weighted by Gasteiger charge is -2.18. The number of hydrogen-bond acceptors (Lipinski definition) is 7. The van der Waals surface area contributed by atoms with E-state index >= 15 is 0 Å². The first-order chi connectivity index (χ1) is 15.8. The number of imide groups is 1. The Labute approximate surface area is 195 Å². The molecule has 33 heavy (non-hydrogen) atoms. The fraction of sp³-hybridized carbons (Fsp3) is 0.375. The summed E-state index contributed by atoms with van der Waals surface area (Å²) in [5.74, 6) is -1.69. The molecule has 0 radical (unpaired) electrons. The largest absolute Gasteiger partial charge is 0.459 e. The summed E-state index contributed by atoms with van der Waals surface area (Å²) in [5.41, 5.74) is 2.26. The Morgan fingerprint density at radius 1 is 1.18 bits per heavy atom. The minimum Gasteiger partial charge on any atom is -0.459 e. The summed E-state index contributed by atoms with van der Waals surface area (Å²) >= 11 is 1.28. The maximum Gasteiger partial charge on any atom is 0.307 e. The molecule has 0 unspecified atom stereocenters. The van der Waals surface area contributed by atoms with Crippen molar-refractivity contribution in [2.75, 3.05) is 11.4 Å². The minimum atomic E-state index is -0.514. The molecule has 0 spiro atoms. The van der Waals surface area contributed by atoms with Gasteiger partial charge in [-0.15, -0.1) is 11.3 Å². The van der Waals surface area contributed by atoms with Gasteiger partial charge in [0.25, 0.3) is 0 Å². The molecule has 2 aromatic rings. The Kier molecular flexibility index (Phi) is 6.69. The Morgan fingerprint density at radius 2 is 1.88 bits per heavy atom. The van der Waals surface area contributed by atoms with Crippen LogP contribution >= 0.6 is 11.3 Å². The van der Waals surface area contributed by atoms with Gasteiger partial charge in [-0.25, -0.2) is 4.98 Å². The van der Waals surface area contributed by atoms with Crippen LogP contribution in [0.1, 0.15) is 37.4 Å². The third-order valence-corrected chi connectivity index (χ3v) is 6.70. The van der Waals surface area contributed by atoms with Gasteiger partial charge < -0.3 is 4.74 Å². The molecule has 0 N–H and O–H groups in total. The first kappa shape index (κ1) is 22.8. The van der Waals surface area contributed by atoms with Crippen LogP contribution in [0.2, 0.25) is 0 Å². The highest BCUT2D eigenvalue weighted by molar-refractivity contribution is 7.14. The Bertz CT molecular complexity index is 1100. The molecule has 1 saturated heterocycles. The lowest BCUT2D eigenvalue weighted by molar-refractivity contribution is -0.147. The van der Waals surface area contributed by atoms with E-state index < -0.39 is 5.97 Å². The van der Waals surface area contributed by atoms with Gasteiger partial charge in [0, 0.05) is 18.8 Å². The number of fused-ring (bicyclic) bond motifs is 1. The van der Waals surface area contributed by atoms with Gasteiger partial charge in [0.05, 0.1) is 29.6 Å². The van der Waals surface area contributed by atoms with Crippen molar-refractivity contribution in [3.63, 3.8) is 0 Å². The fourth-order valence-electron chi connectivity index (χ4n) is 4.18. The van der Waals surface area contributed by atoms with Crippen LogP contribution in [0.5, 0.6) is 0 Å². The number of hydrogen-bond donors (Lipinski definition) is 0. The number of thiazole rings is 1. The van der Waals surface area contributed by atoms with E-state index in [0.29, 0.717) is 23.7 Å². The van der Waals surface area contributed by atoms with Gasteiger partial charge in [-0.2, -0.15) is 0 Å². The van der Waals surface area contributed by atoms with Gasteiger partial charge in [-0.05, 0) is 37.5 Å². The van der Waals surface area contributed by atoms with Crippen LogP contribution in [-0.2, 0) is 30.5 Å². The predicted octanol–water partition coefficient (Wildman–Crippen LogP) is 3.52. The number of carbonyl (C=O) groups excluding carboxylic acids is 4. The molecule has 2 heterocycles. The molecule has 0 bridgehead atoms. The SMILES string of the molecule is CC(=O)N(c1cccc(C)c1)c1nc(COC(=O)CCN2C(=O)[C@@H]3CC=CC[C@H]3C2=O)cs1. The normalized spacial score (nSPS) is 19.5. The van der Waals surface area contributed by atoms with E-state index in [4.69, 9.17) is 4.74 Å². The molecule has 1 aromatic carbocycles. The summed E-state index contributed by atoms with van der Waals surface area (Å²) in [6.45, 7) is 3.39. The second-order valence-electron chi connectivity index (χ2n) is 8.21. The van der Waals surface area contributed by atoms with E-state index in [-0.39, 0.29) is 49.1 Å². The van der Waals surface area contributed by atoms with Crippen LogP contribution in [0.4, 0.5) is 10.8 Å². The maximum absolute atomic E-state index is 12.5. The molecule has 9 heteroatoms. The van der Waals surface area contributed by atoms with E-state index in [9.17, 15) is 19.2 Å². The molecule has 1 fully saturated rings. The van der Waals surface area contributed by atoms with E-state index in [1.54, 1.807) is 5.38 Å². The highest BCUT2D eigenvalue weighted by Crippen LogP contribution is 2.35. The molecule has 8 nitrogen and oxygen atoms in total. The summed E-state index contributed by atoms with van der Waals surface area (Å²) in [4.78, 5) is 56.6. The topological polar surface area (TPSA) is 96.9 Å². The van der Waals surface area contributed by atoms with Crippen molar-refractivity contribution in [1.82, 2.24) is 9.88 Å². The molecule has 1 aromatic heterocycles. The number of rotatable bonds is 7. The molecule has 4 rings (SSSR count). The number of anilines is 2. The van der Waals surface area contributed by atoms with Gasteiger partial charge in [-0.1, -0.05) is 24.3 Å². The Hall–Kier alpha value is -3.33. The smallest absolute Gasteiger partial charge is 0.307 e. The van der Waals surface area contributed by atoms with Crippen molar-refractivity contribution >= 4 is 45.8 Å². The van der Waals surface area contributed by atoms with Gasteiger partial charge >= 0.3 is 5.97 Å². The number of allylic oxidation sites excluding steroid dienone is 2. The summed E-state index contributed by atoms with van der Waals surface area (Å²) in [6.07, 6.45) is 4.94. The van der Waals surface area contributed by atoms with Gasteiger partial charge in [0.15, 0.2) is 5.13 Å². The maximum atomic E-state index is 12.5. The monoisotopic (exact) mass is 467 g/mol. The number of carbonyl (C=O) groups is 4. The standard InChI is InChI=1S/C24H25N3O5S/c1-15-6-5-7-18(12-15)27(16(2)28)24-25-17(14-33-24)13-32-21(29)10-11-26-22(30)19-8-3-4-9-20(19)23(26)31/h3-7,12,14,19-20H,8-11,13H2,1-2H3/t19-,20-/m1/s1. The molecule has 0 saturated carbocycles. The molecular formula is C24H25N3O5S. The number of amides is 3. The number of ether oxygens (including phenoxy) is 1. The molecule has 1 aliphatic carbocycles. The highest BCUT2D eigenvalue weighted by atomic mass is 32.1. The molecule has 172 valence electrons. The van der Waals surface area contributed by atoms with E-state index in [2.05, 4.69) is 4.98 Å². The van der Waals surface area contributed by atoms with Crippen molar-refractivity contribution < 1.29 is 23.9 Å². The van der Waals surface area contributed by atoms with Crippen LogP contribution in [0.25, 0.3) is 0 Å². The summed E-state index contributed by atoms with van der Waals surface area (Å²) < 4.78 is 5.30. The third-order valence-electron chi connectivity index (χ3n) is 5.83. The van der Waals surface area contributed by atoms with Crippen LogP contribution in [0.15, 0.2) is 41.8 Å². The van der Waals surface area contributed by atoms with E-state index in [0.717, 1.165) is 11.3 Å². The quantitative estimate of drug-likeness (QED) is 0.351. The zero-order valence-corrected chi connectivity index (χ0v) is 19.3. The van der Waals surface area contributed by atoms with Gasteiger partial charge in [0.2, 0.25) is 17.7 Å². The van der Waals surface area contributed by atoms with Crippen LogP contribution in [0, 0.1) is 18.8 Å².